The Labute approximate surface area is 327 Å². The van der Waals surface area contributed by atoms with Crippen LogP contribution in [0.3, 0.4) is 0 Å². The van der Waals surface area contributed by atoms with Gasteiger partial charge in [0.2, 0.25) is 0 Å². The van der Waals surface area contributed by atoms with Crippen molar-refractivity contribution in [2.24, 2.45) is 0 Å². The van der Waals surface area contributed by atoms with Crippen LogP contribution in [0, 0.1) is 0 Å². The van der Waals surface area contributed by atoms with Crippen LogP contribution < -0.4 is 4.90 Å². The van der Waals surface area contributed by atoms with Gasteiger partial charge in [-0.15, -0.1) is 0 Å². The average Bonchev–Trinajstić information content (AvgIpc) is 3.49. The van der Waals surface area contributed by atoms with Crippen molar-refractivity contribution in [1.82, 2.24) is 0 Å². The molecule has 0 saturated carbocycles. The van der Waals surface area contributed by atoms with E-state index in [2.05, 4.69) is 219 Å². The molecule has 0 amide bonds. The molecule has 0 heterocycles. The number of anilines is 3. The highest BCUT2D eigenvalue weighted by molar-refractivity contribution is 6.30. The van der Waals surface area contributed by atoms with Crippen LogP contribution >= 0.6 is 0 Å². The molecular formula is C55H39N. The Morgan fingerprint density at radius 1 is 0.339 bits per heavy atom. The number of hydrogen-bond donors (Lipinski definition) is 0. The van der Waals surface area contributed by atoms with E-state index in [1.54, 1.807) is 0 Å². The van der Waals surface area contributed by atoms with Gasteiger partial charge >= 0.3 is 0 Å². The largest absolute Gasteiger partial charge is 0.309 e. The first-order chi connectivity index (χ1) is 27.6. The molecule has 10 aromatic rings. The van der Waals surface area contributed by atoms with Crippen LogP contribution in [0.5, 0.6) is 0 Å². The van der Waals surface area contributed by atoms with Gasteiger partial charge in [-0.2, -0.15) is 0 Å². The second-order valence-corrected chi connectivity index (χ2v) is 15.7. The molecule has 56 heavy (non-hydrogen) atoms. The maximum Gasteiger partial charge on any atom is 0.0540 e. The highest BCUT2D eigenvalue weighted by atomic mass is 15.1. The van der Waals surface area contributed by atoms with Crippen molar-refractivity contribution in [2.75, 3.05) is 4.90 Å². The Morgan fingerprint density at radius 2 is 0.911 bits per heavy atom. The van der Waals surface area contributed by atoms with Crippen LogP contribution in [0.4, 0.5) is 17.1 Å². The van der Waals surface area contributed by atoms with E-state index in [1.165, 1.54) is 87.6 Å². The Bertz CT molecular complexity index is 3170. The number of para-hydroxylation sites is 2. The minimum absolute atomic E-state index is 0.134. The van der Waals surface area contributed by atoms with Crippen LogP contribution in [0.2, 0.25) is 0 Å². The fourth-order valence-electron chi connectivity index (χ4n) is 9.57. The van der Waals surface area contributed by atoms with Gasteiger partial charge < -0.3 is 4.90 Å². The van der Waals surface area contributed by atoms with Gasteiger partial charge in [-0.05, 0) is 107 Å². The van der Waals surface area contributed by atoms with E-state index in [-0.39, 0.29) is 5.41 Å². The summed E-state index contributed by atoms with van der Waals surface area (Å²) in [6, 6.07) is 74.1. The zero-order chi connectivity index (χ0) is 37.4. The van der Waals surface area contributed by atoms with Crippen LogP contribution in [0.1, 0.15) is 25.0 Å². The molecule has 1 aliphatic rings. The summed E-state index contributed by atoms with van der Waals surface area (Å²) in [4.78, 5) is 2.51. The first-order valence-corrected chi connectivity index (χ1v) is 19.6. The molecule has 0 N–H and O–H groups in total. The quantitative estimate of drug-likeness (QED) is 0.161. The summed E-state index contributed by atoms with van der Waals surface area (Å²) in [7, 11) is 0. The maximum absolute atomic E-state index is 2.51. The van der Waals surface area contributed by atoms with Crippen LogP contribution in [-0.4, -0.2) is 0 Å². The highest BCUT2D eigenvalue weighted by Crippen LogP contribution is 2.53. The molecule has 0 saturated heterocycles. The van der Waals surface area contributed by atoms with Crippen molar-refractivity contribution in [3.05, 3.63) is 211 Å². The summed E-state index contributed by atoms with van der Waals surface area (Å²) in [5, 5.41) is 10.2. The second kappa shape index (κ2) is 12.5. The summed E-state index contributed by atoms with van der Waals surface area (Å²) in [6.07, 6.45) is 0. The maximum atomic E-state index is 2.51. The van der Waals surface area contributed by atoms with E-state index in [0.717, 1.165) is 17.1 Å². The molecule has 0 aromatic heterocycles. The Balaban J connectivity index is 1.22. The lowest BCUT2D eigenvalue weighted by Gasteiger charge is -2.31. The number of fused-ring (bicyclic) bond motifs is 10. The molecule has 0 spiro atoms. The molecule has 10 aromatic carbocycles. The number of nitrogens with zero attached hydrogens (tertiary/aromatic N) is 1. The van der Waals surface area contributed by atoms with Gasteiger partial charge in [-0.3, -0.25) is 0 Å². The predicted molar refractivity (Wildman–Crippen MR) is 240 cm³/mol. The zero-order valence-electron chi connectivity index (χ0n) is 31.5. The predicted octanol–water partition coefficient (Wildman–Crippen LogP) is 15.4. The Morgan fingerprint density at radius 3 is 1.71 bits per heavy atom. The molecule has 0 atom stereocenters. The SMILES string of the molecule is CC1(C)c2ccccc2-c2ccc(N(c3ccccc3-c3ccccc3)c3ccccc3-c3cc4ccccc4c4c3ccc3ccc5ccccc5c34)cc21. The summed E-state index contributed by atoms with van der Waals surface area (Å²) in [5.41, 5.74) is 13.5. The summed E-state index contributed by atoms with van der Waals surface area (Å²) < 4.78 is 0. The number of benzene rings is 10. The average molecular weight is 714 g/mol. The number of rotatable bonds is 5. The number of hydrogen-bond acceptors (Lipinski definition) is 1. The molecule has 1 nitrogen and oxygen atoms in total. The molecule has 0 aliphatic heterocycles. The minimum Gasteiger partial charge on any atom is -0.309 e. The lowest BCUT2D eigenvalue weighted by atomic mass is 9.82. The van der Waals surface area contributed by atoms with Crippen molar-refractivity contribution in [3.8, 4) is 33.4 Å². The third kappa shape index (κ3) is 4.87. The Kier molecular flexibility index (Phi) is 7.28. The molecule has 1 heteroatoms. The van der Waals surface area contributed by atoms with E-state index in [0.29, 0.717) is 0 Å². The van der Waals surface area contributed by atoms with Crippen molar-refractivity contribution < 1.29 is 0 Å². The molecule has 0 bridgehead atoms. The lowest BCUT2D eigenvalue weighted by molar-refractivity contribution is 0.660. The minimum atomic E-state index is -0.134. The topological polar surface area (TPSA) is 3.24 Å². The Hall–Kier alpha value is -6.96. The van der Waals surface area contributed by atoms with Crippen LogP contribution in [0.25, 0.3) is 76.5 Å². The monoisotopic (exact) mass is 713 g/mol. The second-order valence-electron chi connectivity index (χ2n) is 15.7. The van der Waals surface area contributed by atoms with Crippen LogP contribution in [0.15, 0.2) is 200 Å². The van der Waals surface area contributed by atoms with Gasteiger partial charge in [-0.25, -0.2) is 0 Å². The van der Waals surface area contributed by atoms with E-state index >= 15 is 0 Å². The molecule has 0 fully saturated rings. The summed E-state index contributed by atoms with van der Waals surface area (Å²) >= 11 is 0. The van der Waals surface area contributed by atoms with Crippen molar-refractivity contribution in [3.63, 3.8) is 0 Å². The molecule has 0 unspecified atom stereocenters. The van der Waals surface area contributed by atoms with Gasteiger partial charge in [0.15, 0.2) is 0 Å². The van der Waals surface area contributed by atoms with Gasteiger partial charge in [0.1, 0.15) is 0 Å². The van der Waals surface area contributed by atoms with Gasteiger partial charge in [0, 0.05) is 22.2 Å². The summed E-state index contributed by atoms with van der Waals surface area (Å²) in [5.74, 6) is 0. The fraction of sp³-hybridized carbons (Fsp3) is 0.0545. The molecule has 1 aliphatic carbocycles. The van der Waals surface area contributed by atoms with Crippen molar-refractivity contribution >= 4 is 60.2 Å². The van der Waals surface area contributed by atoms with E-state index < -0.39 is 0 Å². The first kappa shape index (κ1) is 32.5. The normalized spacial score (nSPS) is 13.0. The van der Waals surface area contributed by atoms with Crippen LogP contribution in [-0.2, 0) is 5.41 Å². The molecular weight excluding hydrogens is 675 g/mol. The van der Waals surface area contributed by atoms with E-state index in [4.69, 9.17) is 0 Å². The third-order valence-electron chi connectivity index (χ3n) is 12.2. The summed E-state index contributed by atoms with van der Waals surface area (Å²) in [6.45, 7) is 4.74. The molecule has 264 valence electrons. The van der Waals surface area contributed by atoms with Gasteiger partial charge in [0.25, 0.3) is 0 Å². The van der Waals surface area contributed by atoms with Gasteiger partial charge in [-0.1, -0.05) is 184 Å². The smallest absolute Gasteiger partial charge is 0.0540 e. The van der Waals surface area contributed by atoms with E-state index in [9.17, 15) is 0 Å². The zero-order valence-corrected chi connectivity index (χ0v) is 31.5. The van der Waals surface area contributed by atoms with Crippen molar-refractivity contribution in [2.45, 2.75) is 19.3 Å². The van der Waals surface area contributed by atoms with Crippen molar-refractivity contribution in [1.29, 1.82) is 0 Å². The fourth-order valence-corrected chi connectivity index (χ4v) is 9.57. The molecule has 0 radical (unpaired) electrons. The van der Waals surface area contributed by atoms with Gasteiger partial charge in [0.05, 0.1) is 11.4 Å². The standard InChI is InChI=1S/C55H39N/c1-55(2)49-25-13-10-23-44(49)45-33-31-40(35-50(45)55)56(51-26-14-11-20-41(51)36-16-4-3-5-17-36)52-27-15-12-24-46(52)48-34-39-19-7-9-22-43(39)54-47(48)32-30-38-29-28-37-18-6-8-21-42(37)53(38)54/h3-35H,1-2H3. The molecule has 11 rings (SSSR count). The first-order valence-electron chi connectivity index (χ1n) is 19.6. The third-order valence-corrected chi connectivity index (χ3v) is 12.2. The van der Waals surface area contributed by atoms with E-state index in [1.807, 2.05) is 0 Å². The highest BCUT2D eigenvalue weighted by Gasteiger charge is 2.36. The lowest BCUT2D eigenvalue weighted by Crippen LogP contribution is -2.17.